The molecule has 1 aromatic rings. The summed E-state index contributed by atoms with van der Waals surface area (Å²) in [6.45, 7) is 4.92. The standard InChI is InChI=1S/C10H16ClNSi/c1-13(2,11)10(8-12)9-6-4-3-5-7-9/h3-7,10H,8,12H2,1-2H3. The highest BCUT2D eigenvalue weighted by Gasteiger charge is 2.29. The van der Waals surface area contributed by atoms with Crippen molar-refractivity contribution in [2.24, 2.45) is 5.73 Å². The molecule has 0 saturated carbocycles. The lowest BCUT2D eigenvalue weighted by Crippen LogP contribution is -2.34. The van der Waals surface area contributed by atoms with Crippen LogP contribution in [0.4, 0.5) is 0 Å². The molecule has 0 heterocycles. The van der Waals surface area contributed by atoms with Crippen LogP contribution in [0.1, 0.15) is 11.1 Å². The van der Waals surface area contributed by atoms with Crippen LogP contribution < -0.4 is 5.73 Å². The van der Waals surface area contributed by atoms with Crippen LogP contribution in [0.5, 0.6) is 0 Å². The molecule has 0 aliphatic heterocycles. The molecule has 3 heteroatoms. The Balaban J connectivity index is 2.92. The lowest BCUT2D eigenvalue weighted by atomic mass is 10.1. The molecule has 2 N–H and O–H groups in total. The van der Waals surface area contributed by atoms with E-state index in [1.165, 1.54) is 5.56 Å². The third kappa shape index (κ3) is 2.83. The summed E-state index contributed by atoms with van der Waals surface area (Å²) in [4.78, 5) is 0. The first kappa shape index (κ1) is 10.8. The SMILES string of the molecule is C[Si](C)(Cl)C(CN)c1ccccc1. The molecule has 1 nitrogen and oxygen atoms in total. The van der Waals surface area contributed by atoms with E-state index >= 15 is 0 Å². The Morgan fingerprint density at radius 1 is 1.31 bits per heavy atom. The molecule has 0 aliphatic carbocycles. The van der Waals surface area contributed by atoms with Gasteiger partial charge in [-0.25, -0.2) is 0 Å². The van der Waals surface area contributed by atoms with Gasteiger partial charge in [0, 0.05) is 5.54 Å². The van der Waals surface area contributed by atoms with Gasteiger partial charge in [-0.3, -0.25) is 0 Å². The zero-order valence-corrected chi connectivity index (χ0v) is 9.88. The van der Waals surface area contributed by atoms with Crippen molar-refractivity contribution >= 4 is 18.5 Å². The molecule has 72 valence electrons. The molecule has 0 saturated heterocycles. The monoisotopic (exact) mass is 213 g/mol. The minimum absolute atomic E-state index is 0.357. The van der Waals surface area contributed by atoms with Gasteiger partial charge in [0.2, 0.25) is 0 Å². The molecule has 1 aromatic carbocycles. The van der Waals surface area contributed by atoms with Crippen molar-refractivity contribution in [2.45, 2.75) is 18.6 Å². The van der Waals surface area contributed by atoms with Crippen molar-refractivity contribution in [3.8, 4) is 0 Å². The van der Waals surface area contributed by atoms with Gasteiger partial charge >= 0.3 is 0 Å². The van der Waals surface area contributed by atoms with Crippen molar-refractivity contribution < 1.29 is 0 Å². The number of hydrogen-bond donors (Lipinski definition) is 1. The van der Waals surface area contributed by atoms with Crippen LogP contribution in [0.25, 0.3) is 0 Å². The van der Waals surface area contributed by atoms with Crippen molar-refractivity contribution in [2.75, 3.05) is 6.54 Å². The van der Waals surface area contributed by atoms with Gasteiger partial charge in [0.15, 0.2) is 7.38 Å². The molecular formula is C10H16ClNSi. The van der Waals surface area contributed by atoms with Gasteiger partial charge in [-0.15, -0.1) is 0 Å². The number of benzene rings is 1. The predicted octanol–water partition coefficient (Wildman–Crippen LogP) is 2.71. The first-order valence-electron chi connectivity index (χ1n) is 4.49. The van der Waals surface area contributed by atoms with E-state index in [0.29, 0.717) is 12.1 Å². The molecule has 1 unspecified atom stereocenters. The van der Waals surface area contributed by atoms with Crippen LogP contribution in [0.2, 0.25) is 13.1 Å². The second-order valence-corrected chi connectivity index (χ2v) is 10.5. The summed E-state index contributed by atoms with van der Waals surface area (Å²) in [6.07, 6.45) is 0. The number of rotatable bonds is 3. The summed E-state index contributed by atoms with van der Waals surface area (Å²) in [6, 6.07) is 10.3. The topological polar surface area (TPSA) is 26.0 Å². The average molecular weight is 214 g/mol. The summed E-state index contributed by atoms with van der Waals surface area (Å²) < 4.78 is 0. The maximum atomic E-state index is 6.39. The normalized spacial score (nSPS) is 14.2. The smallest absolute Gasteiger partial charge is 0.159 e. The minimum Gasteiger partial charge on any atom is -0.330 e. The highest BCUT2D eigenvalue weighted by atomic mass is 35.6. The molecule has 0 fully saturated rings. The first-order valence-corrected chi connectivity index (χ1v) is 8.58. The van der Waals surface area contributed by atoms with Crippen molar-refractivity contribution in [3.05, 3.63) is 35.9 Å². The van der Waals surface area contributed by atoms with E-state index in [0.717, 1.165) is 0 Å². The first-order chi connectivity index (χ1) is 6.05. The zero-order valence-electron chi connectivity index (χ0n) is 8.13. The van der Waals surface area contributed by atoms with Crippen LogP contribution in [0.15, 0.2) is 30.3 Å². The summed E-state index contributed by atoms with van der Waals surface area (Å²) >= 11 is 6.39. The Morgan fingerprint density at radius 2 is 1.85 bits per heavy atom. The summed E-state index contributed by atoms with van der Waals surface area (Å²) in [5.41, 5.74) is 7.37. The summed E-state index contributed by atoms with van der Waals surface area (Å²) in [5.74, 6) is 0. The minimum atomic E-state index is -1.68. The lowest BCUT2D eigenvalue weighted by molar-refractivity contribution is 0.901. The van der Waals surface area contributed by atoms with Crippen molar-refractivity contribution in [3.63, 3.8) is 0 Å². The van der Waals surface area contributed by atoms with Gasteiger partial charge in [-0.2, -0.15) is 11.1 Å². The Hall–Kier alpha value is -0.313. The second kappa shape index (κ2) is 4.27. The van der Waals surface area contributed by atoms with Crippen LogP contribution in [0.3, 0.4) is 0 Å². The molecule has 0 bridgehead atoms. The molecule has 13 heavy (non-hydrogen) atoms. The van der Waals surface area contributed by atoms with E-state index in [1.807, 2.05) is 18.2 Å². The van der Waals surface area contributed by atoms with Gasteiger partial charge in [0.1, 0.15) is 0 Å². The number of halogens is 1. The molecule has 0 radical (unpaired) electrons. The van der Waals surface area contributed by atoms with Crippen molar-refractivity contribution in [1.82, 2.24) is 0 Å². The van der Waals surface area contributed by atoms with E-state index in [1.54, 1.807) is 0 Å². The highest BCUT2D eigenvalue weighted by Crippen LogP contribution is 2.28. The highest BCUT2D eigenvalue weighted by molar-refractivity contribution is 7.19. The van der Waals surface area contributed by atoms with Gasteiger partial charge in [0.25, 0.3) is 0 Å². The van der Waals surface area contributed by atoms with E-state index in [4.69, 9.17) is 16.8 Å². The van der Waals surface area contributed by atoms with Crippen LogP contribution >= 0.6 is 11.1 Å². The Bertz CT molecular complexity index is 255. The Kier molecular flexibility index (Phi) is 3.53. The molecule has 0 aliphatic rings. The average Bonchev–Trinajstić information content (AvgIpc) is 2.05. The molecule has 0 aromatic heterocycles. The zero-order chi connectivity index (χ0) is 9.90. The molecule has 0 spiro atoms. The maximum Gasteiger partial charge on any atom is 0.159 e. The largest absolute Gasteiger partial charge is 0.330 e. The van der Waals surface area contributed by atoms with Gasteiger partial charge in [-0.05, 0) is 12.1 Å². The third-order valence-electron chi connectivity index (χ3n) is 2.27. The van der Waals surface area contributed by atoms with Gasteiger partial charge in [-0.1, -0.05) is 43.4 Å². The number of nitrogens with two attached hydrogens (primary N) is 1. The summed E-state index contributed by atoms with van der Waals surface area (Å²) in [5, 5.41) is 0. The molecule has 1 rings (SSSR count). The van der Waals surface area contributed by atoms with Crippen LogP contribution in [0, 0.1) is 0 Å². The predicted molar refractivity (Wildman–Crippen MR) is 61.6 cm³/mol. The van der Waals surface area contributed by atoms with E-state index in [2.05, 4.69) is 25.2 Å². The molecule has 1 atom stereocenters. The third-order valence-corrected chi connectivity index (χ3v) is 5.28. The second-order valence-electron chi connectivity index (χ2n) is 3.76. The molecular weight excluding hydrogens is 198 g/mol. The van der Waals surface area contributed by atoms with Crippen molar-refractivity contribution in [1.29, 1.82) is 0 Å². The van der Waals surface area contributed by atoms with E-state index in [9.17, 15) is 0 Å². The van der Waals surface area contributed by atoms with E-state index in [-0.39, 0.29) is 0 Å². The summed E-state index contributed by atoms with van der Waals surface area (Å²) in [7, 11) is -1.68. The van der Waals surface area contributed by atoms with E-state index < -0.39 is 7.38 Å². The fraction of sp³-hybridized carbons (Fsp3) is 0.400. The quantitative estimate of drug-likeness (QED) is 0.607. The van der Waals surface area contributed by atoms with Crippen LogP contribution in [-0.2, 0) is 0 Å². The van der Waals surface area contributed by atoms with Gasteiger partial charge in [0.05, 0.1) is 0 Å². The van der Waals surface area contributed by atoms with Crippen LogP contribution in [-0.4, -0.2) is 13.9 Å². The Morgan fingerprint density at radius 3 is 2.23 bits per heavy atom. The number of hydrogen-bond acceptors (Lipinski definition) is 1. The lowest BCUT2D eigenvalue weighted by Gasteiger charge is -2.25. The fourth-order valence-corrected chi connectivity index (χ4v) is 3.69. The molecule has 0 amide bonds. The van der Waals surface area contributed by atoms with Gasteiger partial charge < -0.3 is 5.73 Å². The maximum absolute atomic E-state index is 6.39. The Labute approximate surface area is 85.6 Å². The fourth-order valence-electron chi connectivity index (χ4n) is 1.50.